The molecule has 1 aromatic heterocycles. The normalized spacial score (nSPS) is 12.1. The minimum Gasteiger partial charge on any atom is -0.454 e. The van der Waals surface area contributed by atoms with Gasteiger partial charge in [0.1, 0.15) is 5.82 Å². The monoisotopic (exact) mass is 363 g/mol. The van der Waals surface area contributed by atoms with E-state index in [2.05, 4.69) is 21.4 Å². The highest BCUT2D eigenvalue weighted by Crippen LogP contribution is 2.32. The Kier molecular flexibility index (Phi) is 4.42. The number of nitrogens with one attached hydrogen (secondary N) is 1. The van der Waals surface area contributed by atoms with Gasteiger partial charge >= 0.3 is 0 Å². The van der Waals surface area contributed by atoms with Crippen LogP contribution in [0.1, 0.15) is 5.56 Å². The van der Waals surface area contributed by atoms with E-state index in [9.17, 15) is 0 Å². The van der Waals surface area contributed by atoms with E-state index in [-0.39, 0.29) is 12.7 Å². The van der Waals surface area contributed by atoms with Crippen molar-refractivity contribution >= 4 is 17.5 Å². The molecule has 1 aliphatic heterocycles. The Hall–Kier alpha value is -3.48. The average Bonchev–Trinajstić information content (AvgIpc) is 3.14. The topological polar surface area (TPSA) is 85.5 Å². The molecule has 7 nitrogen and oxygen atoms in total. The molecule has 2 heterocycles. The first-order valence-corrected chi connectivity index (χ1v) is 8.63. The lowest BCUT2D eigenvalue weighted by Gasteiger charge is -2.14. The minimum atomic E-state index is 0.232. The number of nitrogens with two attached hydrogens (primary N) is 1. The van der Waals surface area contributed by atoms with Crippen molar-refractivity contribution in [2.45, 2.75) is 6.54 Å². The number of hydrogen-bond donors (Lipinski definition) is 2. The Morgan fingerprint density at radius 2 is 1.89 bits per heavy atom. The van der Waals surface area contributed by atoms with E-state index in [1.54, 1.807) is 0 Å². The molecule has 0 saturated carbocycles. The van der Waals surface area contributed by atoms with Gasteiger partial charge in [0.2, 0.25) is 12.7 Å². The van der Waals surface area contributed by atoms with Gasteiger partial charge in [-0.25, -0.2) is 4.98 Å². The summed E-state index contributed by atoms with van der Waals surface area (Å²) in [6, 6.07) is 15.9. The summed E-state index contributed by atoms with van der Waals surface area (Å²) in [5.74, 6) is 2.44. The van der Waals surface area contributed by atoms with Gasteiger partial charge in [-0.1, -0.05) is 18.2 Å². The van der Waals surface area contributed by atoms with Crippen molar-refractivity contribution in [3.05, 3.63) is 54.1 Å². The van der Waals surface area contributed by atoms with Crippen molar-refractivity contribution in [2.24, 2.45) is 0 Å². The van der Waals surface area contributed by atoms with E-state index in [0.29, 0.717) is 12.4 Å². The summed E-state index contributed by atoms with van der Waals surface area (Å²) >= 11 is 0. The first-order valence-electron chi connectivity index (χ1n) is 8.63. The fourth-order valence-electron chi connectivity index (χ4n) is 2.89. The molecular weight excluding hydrogens is 342 g/mol. The Morgan fingerprint density at radius 1 is 1.04 bits per heavy atom. The molecule has 0 unspecified atom stereocenters. The molecule has 138 valence electrons. The van der Waals surface area contributed by atoms with Gasteiger partial charge in [-0.15, -0.1) is 0 Å². The molecule has 3 aromatic rings. The summed E-state index contributed by atoms with van der Waals surface area (Å²) in [4.78, 5) is 10.7. The lowest BCUT2D eigenvalue weighted by atomic mass is 10.1. The third-order valence-electron chi connectivity index (χ3n) is 4.31. The van der Waals surface area contributed by atoms with Crippen LogP contribution in [0.25, 0.3) is 11.3 Å². The standard InChI is InChI=1S/C20H21N5O2/c1-25(2)15-5-3-4-14(9-15)16-10-19(24-20(21)23-16)22-11-13-6-7-17-18(8-13)27-12-26-17/h3-10H,11-12H2,1-2H3,(H3,21,22,23,24). The molecule has 2 aromatic carbocycles. The molecule has 0 aliphatic carbocycles. The van der Waals surface area contributed by atoms with Gasteiger partial charge in [-0.2, -0.15) is 4.98 Å². The van der Waals surface area contributed by atoms with Crippen molar-refractivity contribution in [2.75, 3.05) is 36.8 Å². The van der Waals surface area contributed by atoms with E-state index in [1.165, 1.54) is 0 Å². The van der Waals surface area contributed by atoms with Crippen LogP contribution < -0.4 is 25.4 Å². The van der Waals surface area contributed by atoms with Gasteiger partial charge in [0.15, 0.2) is 11.5 Å². The second-order valence-corrected chi connectivity index (χ2v) is 6.48. The molecule has 7 heteroatoms. The van der Waals surface area contributed by atoms with E-state index in [1.807, 2.05) is 61.5 Å². The molecule has 0 bridgehead atoms. The second kappa shape index (κ2) is 7.03. The maximum absolute atomic E-state index is 5.93. The number of nitrogens with zero attached hydrogens (tertiary/aromatic N) is 3. The molecule has 0 saturated heterocycles. The number of benzene rings is 2. The third kappa shape index (κ3) is 3.72. The smallest absolute Gasteiger partial charge is 0.231 e. The highest BCUT2D eigenvalue weighted by molar-refractivity contribution is 5.68. The number of fused-ring (bicyclic) bond motifs is 1. The van der Waals surface area contributed by atoms with Crippen molar-refractivity contribution in [3.8, 4) is 22.8 Å². The Morgan fingerprint density at radius 3 is 2.74 bits per heavy atom. The number of aromatic nitrogens is 2. The van der Waals surface area contributed by atoms with Crippen molar-refractivity contribution in [3.63, 3.8) is 0 Å². The predicted molar refractivity (Wildman–Crippen MR) is 106 cm³/mol. The summed E-state index contributed by atoms with van der Waals surface area (Å²) in [5, 5.41) is 3.30. The number of rotatable bonds is 5. The van der Waals surface area contributed by atoms with Gasteiger partial charge in [-0.3, -0.25) is 0 Å². The molecule has 3 N–H and O–H groups in total. The number of nitrogen functional groups attached to an aromatic ring is 1. The maximum atomic E-state index is 5.93. The molecule has 4 rings (SSSR count). The van der Waals surface area contributed by atoms with E-state index >= 15 is 0 Å². The van der Waals surface area contributed by atoms with Crippen LogP contribution in [0, 0.1) is 0 Å². The van der Waals surface area contributed by atoms with Gasteiger partial charge in [0.05, 0.1) is 5.69 Å². The molecule has 27 heavy (non-hydrogen) atoms. The lowest BCUT2D eigenvalue weighted by Crippen LogP contribution is -2.08. The van der Waals surface area contributed by atoms with Crippen LogP contribution >= 0.6 is 0 Å². The van der Waals surface area contributed by atoms with E-state index in [0.717, 1.165) is 34.0 Å². The highest BCUT2D eigenvalue weighted by atomic mass is 16.7. The average molecular weight is 363 g/mol. The molecular formula is C20H21N5O2. The van der Waals surface area contributed by atoms with Gasteiger partial charge in [-0.05, 0) is 29.8 Å². The quantitative estimate of drug-likeness (QED) is 0.720. The molecule has 0 atom stereocenters. The molecule has 0 spiro atoms. The Labute approximate surface area is 157 Å². The van der Waals surface area contributed by atoms with Gasteiger partial charge < -0.3 is 25.4 Å². The second-order valence-electron chi connectivity index (χ2n) is 6.48. The fourth-order valence-corrected chi connectivity index (χ4v) is 2.89. The Balaban J connectivity index is 1.55. The molecule has 1 aliphatic rings. The largest absolute Gasteiger partial charge is 0.454 e. The van der Waals surface area contributed by atoms with Crippen molar-refractivity contribution in [1.29, 1.82) is 0 Å². The zero-order chi connectivity index (χ0) is 18.8. The summed E-state index contributed by atoms with van der Waals surface area (Å²) in [6.07, 6.45) is 0. The van der Waals surface area contributed by atoms with Gasteiger partial charge in [0, 0.05) is 38.0 Å². The number of hydrogen-bond acceptors (Lipinski definition) is 7. The van der Waals surface area contributed by atoms with Crippen LogP contribution in [0.3, 0.4) is 0 Å². The summed E-state index contributed by atoms with van der Waals surface area (Å²) in [5.41, 5.74) is 9.85. The molecule has 0 fully saturated rings. The van der Waals surface area contributed by atoms with Crippen LogP contribution in [0.15, 0.2) is 48.5 Å². The summed E-state index contributed by atoms with van der Waals surface area (Å²) in [6.45, 7) is 0.855. The van der Waals surface area contributed by atoms with Crippen LogP contribution in [0.4, 0.5) is 17.5 Å². The van der Waals surface area contributed by atoms with Crippen LogP contribution in [0.2, 0.25) is 0 Å². The van der Waals surface area contributed by atoms with E-state index in [4.69, 9.17) is 15.2 Å². The Bertz CT molecular complexity index is 974. The van der Waals surface area contributed by atoms with Crippen LogP contribution in [-0.2, 0) is 6.54 Å². The van der Waals surface area contributed by atoms with Crippen LogP contribution in [-0.4, -0.2) is 30.9 Å². The first kappa shape index (κ1) is 17.0. The summed E-state index contributed by atoms with van der Waals surface area (Å²) < 4.78 is 10.8. The fraction of sp³-hybridized carbons (Fsp3) is 0.200. The van der Waals surface area contributed by atoms with Crippen LogP contribution in [0.5, 0.6) is 11.5 Å². The first-order chi connectivity index (χ1) is 13.1. The summed E-state index contributed by atoms with van der Waals surface area (Å²) in [7, 11) is 4.01. The highest BCUT2D eigenvalue weighted by Gasteiger charge is 2.13. The zero-order valence-corrected chi connectivity index (χ0v) is 15.3. The van der Waals surface area contributed by atoms with Crippen molar-refractivity contribution < 1.29 is 9.47 Å². The molecule has 0 radical (unpaired) electrons. The SMILES string of the molecule is CN(C)c1cccc(-c2cc(NCc3ccc4c(c3)OCO4)nc(N)n2)c1. The molecule has 0 amide bonds. The third-order valence-corrected chi connectivity index (χ3v) is 4.31. The number of ether oxygens (including phenoxy) is 2. The maximum Gasteiger partial charge on any atom is 0.231 e. The lowest BCUT2D eigenvalue weighted by molar-refractivity contribution is 0.174. The predicted octanol–water partition coefficient (Wildman–Crippen LogP) is 3.13. The zero-order valence-electron chi connectivity index (χ0n) is 15.3. The van der Waals surface area contributed by atoms with Gasteiger partial charge in [0.25, 0.3) is 0 Å². The minimum absolute atomic E-state index is 0.232. The van der Waals surface area contributed by atoms with E-state index < -0.39 is 0 Å². The van der Waals surface area contributed by atoms with Crippen molar-refractivity contribution in [1.82, 2.24) is 9.97 Å². The number of anilines is 3.